The maximum absolute atomic E-state index is 12.0. The fraction of sp³-hybridized carbons (Fsp3) is 0.545. The van der Waals surface area contributed by atoms with Crippen LogP contribution in [0.25, 0.3) is 0 Å². The second-order valence-electron chi connectivity index (χ2n) is 4.16. The summed E-state index contributed by atoms with van der Waals surface area (Å²) in [5, 5.41) is 12.9. The molecule has 0 saturated carbocycles. The number of carboxylic acid groups (broad SMARTS) is 1. The van der Waals surface area contributed by atoms with Crippen LogP contribution in [0.3, 0.4) is 0 Å². The van der Waals surface area contributed by atoms with E-state index in [2.05, 4.69) is 5.10 Å². The summed E-state index contributed by atoms with van der Waals surface area (Å²) in [7, 11) is 0. The molecule has 1 saturated heterocycles. The van der Waals surface area contributed by atoms with E-state index in [1.54, 1.807) is 15.8 Å². The number of carbonyl (C=O) groups is 2. The van der Waals surface area contributed by atoms with E-state index in [4.69, 9.17) is 5.11 Å². The predicted molar refractivity (Wildman–Crippen MR) is 59.5 cm³/mol. The average molecular weight is 237 g/mol. The quantitative estimate of drug-likeness (QED) is 0.828. The summed E-state index contributed by atoms with van der Waals surface area (Å²) < 4.78 is 1.68. The molecule has 0 aliphatic carbocycles. The predicted octanol–water partition coefficient (Wildman–Crippen LogP) is 0.450. The Morgan fingerprint density at radius 1 is 1.59 bits per heavy atom. The number of rotatable bonds is 3. The smallest absolute Gasteiger partial charge is 0.308 e. The lowest BCUT2D eigenvalue weighted by Crippen LogP contribution is -2.29. The zero-order valence-electron chi connectivity index (χ0n) is 9.67. The molecule has 1 N–H and O–H groups in total. The molecule has 0 radical (unpaired) electrons. The van der Waals surface area contributed by atoms with Crippen molar-refractivity contribution < 1.29 is 14.7 Å². The van der Waals surface area contributed by atoms with E-state index in [9.17, 15) is 9.59 Å². The zero-order chi connectivity index (χ0) is 12.4. The van der Waals surface area contributed by atoms with Crippen molar-refractivity contribution in [2.45, 2.75) is 19.9 Å². The van der Waals surface area contributed by atoms with Gasteiger partial charge in [0.05, 0.1) is 17.7 Å². The van der Waals surface area contributed by atoms with Crippen LogP contribution in [0.5, 0.6) is 0 Å². The van der Waals surface area contributed by atoms with E-state index in [-0.39, 0.29) is 5.91 Å². The first kappa shape index (κ1) is 11.6. The van der Waals surface area contributed by atoms with Crippen LogP contribution in [0.2, 0.25) is 0 Å². The van der Waals surface area contributed by atoms with E-state index in [1.165, 1.54) is 6.20 Å². The van der Waals surface area contributed by atoms with Crippen LogP contribution in [0, 0.1) is 5.92 Å². The van der Waals surface area contributed by atoms with Gasteiger partial charge in [-0.2, -0.15) is 5.10 Å². The van der Waals surface area contributed by atoms with E-state index < -0.39 is 11.9 Å². The molecule has 0 aromatic carbocycles. The third-order valence-electron chi connectivity index (χ3n) is 3.03. The Bertz CT molecular complexity index is 441. The summed E-state index contributed by atoms with van der Waals surface area (Å²) in [6, 6.07) is 0. The molecule has 0 bridgehead atoms. The van der Waals surface area contributed by atoms with E-state index >= 15 is 0 Å². The van der Waals surface area contributed by atoms with Crippen molar-refractivity contribution in [3.05, 3.63) is 18.0 Å². The SMILES string of the molecule is CCn1cc(C(=O)N2CC[C@H](C(=O)O)C2)cn1. The number of aliphatic carboxylic acids is 1. The van der Waals surface area contributed by atoms with Crippen LogP contribution < -0.4 is 0 Å². The van der Waals surface area contributed by atoms with Crippen LogP contribution in [-0.2, 0) is 11.3 Å². The van der Waals surface area contributed by atoms with E-state index in [0.29, 0.717) is 31.6 Å². The number of aromatic nitrogens is 2. The first-order valence-electron chi connectivity index (χ1n) is 5.66. The normalized spacial score (nSPS) is 19.6. The molecule has 6 nitrogen and oxygen atoms in total. The third-order valence-corrected chi connectivity index (χ3v) is 3.03. The molecule has 2 heterocycles. The van der Waals surface area contributed by atoms with Crippen molar-refractivity contribution >= 4 is 11.9 Å². The standard InChI is InChI=1S/C11H15N3O3/c1-2-14-7-9(5-12-14)10(15)13-4-3-8(6-13)11(16)17/h5,7-8H,2-4,6H2,1H3,(H,16,17)/t8-/m0/s1. The molecule has 1 amide bonds. The maximum Gasteiger partial charge on any atom is 0.308 e. The van der Waals surface area contributed by atoms with Crippen molar-refractivity contribution in [1.29, 1.82) is 0 Å². The van der Waals surface area contributed by atoms with Gasteiger partial charge in [-0.15, -0.1) is 0 Å². The van der Waals surface area contributed by atoms with Gasteiger partial charge in [0, 0.05) is 25.8 Å². The van der Waals surface area contributed by atoms with Gasteiger partial charge >= 0.3 is 5.97 Å². The highest BCUT2D eigenvalue weighted by Crippen LogP contribution is 2.18. The zero-order valence-corrected chi connectivity index (χ0v) is 9.67. The second-order valence-corrected chi connectivity index (χ2v) is 4.16. The monoisotopic (exact) mass is 237 g/mol. The number of likely N-dealkylation sites (tertiary alicyclic amines) is 1. The number of carbonyl (C=O) groups excluding carboxylic acids is 1. The number of amides is 1. The highest BCUT2D eigenvalue weighted by Gasteiger charge is 2.31. The Labute approximate surface area is 98.8 Å². The Hall–Kier alpha value is -1.85. The summed E-state index contributed by atoms with van der Waals surface area (Å²) >= 11 is 0. The average Bonchev–Trinajstić information content (AvgIpc) is 2.97. The van der Waals surface area contributed by atoms with Gasteiger partial charge in [-0.3, -0.25) is 14.3 Å². The van der Waals surface area contributed by atoms with E-state index in [0.717, 1.165) is 0 Å². The molecule has 1 fully saturated rings. The third kappa shape index (κ3) is 2.30. The molecule has 17 heavy (non-hydrogen) atoms. The molecule has 0 unspecified atom stereocenters. The molecular formula is C11H15N3O3. The van der Waals surface area contributed by atoms with Gasteiger partial charge in [0.25, 0.3) is 5.91 Å². The molecule has 1 aromatic rings. The number of carboxylic acids is 1. The minimum absolute atomic E-state index is 0.131. The van der Waals surface area contributed by atoms with E-state index in [1.807, 2.05) is 6.92 Å². The van der Waals surface area contributed by atoms with Gasteiger partial charge < -0.3 is 10.0 Å². The van der Waals surface area contributed by atoms with Gasteiger partial charge in [-0.25, -0.2) is 0 Å². The van der Waals surface area contributed by atoms with Gasteiger partial charge in [0.1, 0.15) is 0 Å². The van der Waals surface area contributed by atoms with Crippen LogP contribution in [0.4, 0.5) is 0 Å². The summed E-state index contributed by atoms with van der Waals surface area (Å²) in [4.78, 5) is 24.4. The molecule has 0 spiro atoms. The Morgan fingerprint density at radius 3 is 2.88 bits per heavy atom. The van der Waals surface area contributed by atoms with Crippen molar-refractivity contribution in [1.82, 2.24) is 14.7 Å². The highest BCUT2D eigenvalue weighted by atomic mass is 16.4. The summed E-state index contributed by atoms with van der Waals surface area (Å²) in [6.07, 6.45) is 3.75. The fourth-order valence-electron chi connectivity index (χ4n) is 1.98. The lowest BCUT2D eigenvalue weighted by atomic mass is 10.1. The molecule has 6 heteroatoms. The minimum Gasteiger partial charge on any atom is -0.481 e. The number of aryl methyl sites for hydroxylation is 1. The molecule has 92 valence electrons. The van der Waals surface area contributed by atoms with Gasteiger partial charge in [0.15, 0.2) is 0 Å². The van der Waals surface area contributed by atoms with Crippen LogP contribution >= 0.6 is 0 Å². The van der Waals surface area contributed by atoms with Crippen molar-refractivity contribution in [3.63, 3.8) is 0 Å². The van der Waals surface area contributed by atoms with Crippen molar-refractivity contribution in [2.24, 2.45) is 5.92 Å². The lowest BCUT2D eigenvalue weighted by Gasteiger charge is -2.14. The summed E-state index contributed by atoms with van der Waals surface area (Å²) in [5.41, 5.74) is 0.526. The Balaban J connectivity index is 2.04. The van der Waals surface area contributed by atoms with Gasteiger partial charge in [-0.1, -0.05) is 0 Å². The molecule has 1 aromatic heterocycles. The van der Waals surface area contributed by atoms with Crippen LogP contribution in [0.1, 0.15) is 23.7 Å². The summed E-state index contributed by atoms with van der Waals surface area (Å²) in [6.45, 7) is 3.46. The Morgan fingerprint density at radius 2 is 2.35 bits per heavy atom. The first-order valence-corrected chi connectivity index (χ1v) is 5.66. The van der Waals surface area contributed by atoms with Gasteiger partial charge in [0.2, 0.25) is 0 Å². The first-order chi connectivity index (χ1) is 8.11. The number of nitrogens with zero attached hydrogens (tertiary/aromatic N) is 3. The van der Waals surface area contributed by atoms with Crippen molar-refractivity contribution in [2.75, 3.05) is 13.1 Å². The fourth-order valence-corrected chi connectivity index (χ4v) is 1.98. The maximum atomic E-state index is 12.0. The largest absolute Gasteiger partial charge is 0.481 e. The van der Waals surface area contributed by atoms with Crippen molar-refractivity contribution in [3.8, 4) is 0 Å². The molecule has 1 aliphatic heterocycles. The molecule has 1 atom stereocenters. The second kappa shape index (κ2) is 4.57. The summed E-state index contributed by atoms with van der Waals surface area (Å²) in [5.74, 6) is -1.39. The Kier molecular flexibility index (Phi) is 3.12. The van der Waals surface area contributed by atoms with Gasteiger partial charge in [-0.05, 0) is 13.3 Å². The van der Waals surface area contributed by atoms with Crippen LogP contribution in [-0.4, -0.2) is 44.8 Å². The molecule has 1 aliphatic rings. The minimum atomic E-state index is -0.829. The number of hydrogen-bond acceptors (Lipinski definition) is 3. The lowest BCUT2D eigenvalue weighted by molar-refractivity contribution is -0.141. The highest BCUT2D eigenvalue weighted by molar-refractivity contribution is 5.94. The van der Waals surface area contributed by atoms with Crippen LogP contribution in [0.15, 0.2) is 12.4 Å². The number of hydrogen-bond donors (Lipinski definition) is 1. The topological polar surface area (TPSA) is 75.4 Å². The molecular weight excluding hydrogens is 222 g/mol. The molecule has 2 rings (SSSR count).